The van der Waals surface area contributed by atoms with Gasteiger partial charge in [0.15, 0.2) is 17.3 Å². The molecule has 0 saturated carbocycles. The van der Waals surface area contributed by atoms with Gasteiger partial charge in [-0.05, 0) is 22.6 Å². The largest absolute Gasteiger partial charge is 0.454 e. The van der Waals surface area contributed by atoms with Crippen molar-refractivity contribution in [3.05, 3.63) is 24.0 Å². The highest BCUT2D eigenvalue weighted by molar-refractivity contribution is 5.89. The summed E-state index contributed by atoms with van der Waals surface area (Å²) in [7, 11) is 1.61. The molecule has 2 aromatic rings. The predicted octanol–water partition coefficient (Wildman–Crippen LogP) is 0.654. The Balaban J connectivity index is 1.40. The van der Waals surface area contributed by atoms with Gasteiger partial charge in [0.05, 0.1) is 26.3 Å². The van der Waals surface area contributed by atoms with Crippen molar-refractivity contribution in [2.45, 2.75) is 12.6 Å². The number of rotatable bonds is 5. The maximum atomic E-state index is 12.6. The van der Waals surface area contributed by atoms with Crippen LogP contribution in [0.2, 0.25) is 0 Å². The van der Waals surface area contributed by atoms with Crippen LogP contribution in [0.5, 0.6) is 11.5 Å². The molecule has 144 valence electrons. The molecule has 0 radical (unpaired) electrons. The minimum atomic E-state index is -0.395. The molecule has 0 spiro atoms. The molecule has 11 nitrogen and oxygen atoms in total. The highest BCUT2D eigenvalue weighted by Gasteiger charge is 2.29. The first-order valence-corrected chi connectivity index (χ1v) is 8.57. The number of nitrogens with zero attached hydrogens (tertiary/aromatic N) is 5. The third-order valence-corrected chi connectivity index (χ3v) is 4.33. The number of hydrogen-bond donors (Lipinski definition) is 1. The van der Waals surface area contributed by atoms with Crippen molar-refractivity contribution in [1.29, 1.82) is 0 Å². The molecular formula is C16H20N6O5. The standard InChI is InChI=1S/C16H20N6O5/c1-24-6-5-22-15(18-19-20-22)14-9-21(4-7-25-14)16(23)17-11-2-3-12-13(8-11)27-10-26-12/h2-3,8,14H,4-7,9-10H2,1H3,(H,17,23). The molecule has 1 saturated heterocycles. The van der Waals surface area contributed by atoms with E-state index in [9.17, 15) is 4.79 Å². The molecule has 1 N–H and O–H groups in total. The second kappa shape index (κ2) is 7.76. The Morgan fingerprint density at radius 1 is 1.37 bits per heavy atom. The number of nitrogens with one attached hydrogen (secondary N) is 1. The van der Waals surface area contributed by atoms with Crippen molar-refractivity contribution in [3.8, 4) is 11.5 Å². The first-order valence-electron chi connectivity index (χ1n) is 8.57. The molecule has 2 aliphatic rings. The number of ether oxygens (including phenoxy) is 4. The van der Waals surface area contributed by atoms with E-state index in [-0.39, 0.29) is 12.8 Å². The van der Waals surface area contributed by atoms with Crippen LogP contribution >= 0.6 is 0 Å². The van der Waals surface area contributed by atoms with Gasteiger partial charge in [0.25, 0.3) is 0 Å². The van der Waals surface area contributed by atoms with Gasteiger partial charge in [0, 0.05) is 25.4 Å². The molecule has 1 aromatic heterocycles. The average molecular weight is 376 g/mol. The van der Waals surface area contributed by atoms with Gasteiger partial charge in [-0.15, -0.1) is 5.10 Å². The van der Waals surface area contributed by atoms with Crippen LogP contribution in [0.4, 0.5) is 10.5 Å². The lowest BCUT2D eigenvalue weighted by Gasteiger charge is -2.32. The average Bonchev–Trinajstić information content (AvgIpc) is 3.35. The Morgan fingerprint density at radius 3 is 3.15 bits per heavy atom. The fourth-order valence-electron chi connectivity index (χ4n) is 2.95. The summed E-state index contributed by atoms with van der Waals surface area (Å²) in [5.41, 5.74) is 0.636. The number of methoxy groups -OCH3 is 1. The van der Waals surface area contributed by atoms with Crippen LogP contribution in [-0.2, 0) is 16.0 Å². The van der Waals surface area contributed by atoms with E-state index in [1.165, 1.54) is 0 Å². The predicted molar refractivity (Wildman–Crippen MR) is 91.5 cm³/mol. The molecule has 0 aliphatic carbocycles. The molecule has 1 unspecified atom stereocenters. The van der Waals surface area contributed by atoms with E-state index in [0.717, 1.165) is 0 Å². The van der Waals surface area contributed by atoms with E-state index in [0.29, 0.717) is 55.9 Å². The van der Waals surface area contributed by atoms with E-state index < -0.39 is 6.10 Å². The van der Waals surface area contributed by atoms with Crippen molar-refractivity contribution >= 4 is 11.7 Å². The van der Waals surface area contributed by atoms with E-state index in [4.69, 9.17) is 18.9 Å². The minimum absolute atomic E-state index is 0.190. The number of amides is 2. The number of anilines is 1. The summed E-state index contributed by atoms with van der Waals surface area (Å²) in [6.07, 6.45) is -0.395. The smallest absolute Gasteiger partial charge is 0.322 e. The molecule has 11 heteroatoms. The van der Waals surface area contributed by atoms with Gasteiger partial charge in [-0.3, -0.25) is 0 Å². The van der Waals surface area contributed by atoms with Gasteiger partial charge in [-0.1, -0.05) is 0 Å². The van der Waals surface area contributed by atoms with Gasteiger partial charge in [-0.25, -0.2) is 9.48 Å². The van der Waals surface area contributed by atoms with E-state index in [2.05, 4.69) is 20.8 Å². The third-order valence-electron chi connectivity index (χ3n) is 4.33. The van der Waals surface area contributed by atoms with E-state index >= 15 is 0 Å². The van der Waals surface area contributed by atoms with E-state index in [1.807, 2.05) is 0 Å². The summed E-state index contributed by atoms with van der Waals surface area (Å²) in [5.74, 6) is 1.86. The summed E-state index contributed by atoms with van der Waals surface area (Å²) in [6, 6.07) is 5.06. The number of benzene rings is 1. The molecular weight excluding hydrogens is 356 g/mol. The molecule has 3 heterocycles. The van der Waals surface area contributed by atoms with Crippen LogP contribution in [0, 0.1) is 0 Å². The van der Waals surface area contributed by atoms with Gasteiger partial charge in [0.1, 0.15) is 6.10 Å². The van der Waals surface area contributed by atoms with Gasteiger partial charge >= 0.3 is 6.03 Å². The lowest BCUT2D eigenvalue weighted by Crippen LogP contribution is -2.45. The van der Waals surface area contributed by atoms with Crippen LogP contribution in [0.1, 0.15) is 11.9 Å². The van der Waals surface area contributed by atoms with Crippen LogP contribution in [-0.4, -0.2) is 71.3 Å². The monoisotopic (exact) mass is 376 g/mol. The minimum Gasteiger partial charge on any atom is -0.454 e. The number of aromatic nitrogens is 4. The Hall–Kier alpha value is -2.92. The first-order chi connectivity index (χ1) is 13.2. The zero-order valence-corrected chi connectivity index (χ0v) is 14.8. The Kier molecular flexibility index (Phi) is 5.03. The van der Waals surface area contributed by atoms with Crippen LogP contribution in [0.25, 0.3) is 0 Å². The second-order valence-electron chi connectivity index (χ2n) is 6.06. The fourth-order valence-corrected chi connectivity index (χ4v) is 2.95. The maximum absolute atomic E-state index is 12.6. The van der Waals surface area contributed by atoms with Crippen molar-refractivity contribution in [1.82, 2.24) is 25.1 Å². The molecule has 27 heavy (non-hydrogen) atoms. The molecule has 2 aliphatic heterocycles. The summed E-state index contributed by atoms with van der Waals surface area (Å²) in [5, 5.41) is 14.6. The Bertz CT molecular complexity index is 812. The quantitative estimate of drug-likeness (QED) is 0.809. The lowest BCUT2D eigenvalue weighted by molar-refractivity contribution is -0.0209. The molecule has 1 atom stereocenters. The van der Waals surface area contributed by atoms with Crippen molar-refractivity contribution in [2.24, 2.45) is 0 Å². The topological polar surface area (TPSA) is 113 Å². The van der Waals surface area contributed by atoms with Crippen molar-refractivity contribution < 1.29 is 23.7 Å². The lowest BCUT2D eigenvalue weighted by atomic mass is 10.2. The van der Waals surface area contributed by atoms with Gasteiger partial charge in [0.2, 0.25) is 6.79 Å². The summed E-state index contributed by atoms with van der Waals surface area (Å²) >= 11 is 0. The molecule has 0 bridgehead atoms. The number of morpholine rings is 1. The van der Waals surface area contributed by atoms with Crippen molar-refractivity contribution in [2.75, 3.05) is 45.5 Å². The van der Waals surface area contributed by atoms with Crippen LogP contribution in [0.15, 0.2) is 18.2 Å². The summed E-state index contributed by atoms with van der Waals surface area (Å²) < 4.78 is 23.1. The molecule has 1 aromatic carbocycles. The van der Waals surface area contributed by atoms with Crippen LogP contribution < -0.4 is 14.8 Å². The number of hydrogen-bond acceptors (Lipinski definition) is 8. The first kappa shape index (κ1) is 17.5. The van der Waals surface area contributed by atoms with E-state index in [1.54, 1.807) is 34.9 Å². The molecule has 2 amide bonds. The number of carbonyl (C=O) groups excluding carboxylic acids is 1. The zero-order valence-electron chi connectivity index (χ0n) is 14.8. The van der Waals surface area contributed by atoms with Crippen LogP contribution in [0.3, 0.4) is 0 Å². The number of carbonyl (C=O) groups is 1. The number of urea groups is 1. The van der Waals surface area contributed by atoms with Crippen molar-refractivity contribution in [3.63, 3.8) is 0 Å². The zero-order chi connectivity index (χ0) is 18.6. The highest BCUT2D eigenvalue weighted by Crippen LogP contribution is 2.34. The Labute approximate surface area is 155 Å². The van der Waals surface area contributed by atoms with Gasteiger partial charge in [-0.2, -0.15) is 0 Å². The Morgan fingerprint density at radius 2 is 2.26 bits per heavy atom. The third kappa shape index (κ3) is 3.78. The molecule has 1 fully saturated rings. The highest BCUT2D eigenvalue weighted by atomic mass is 16.7. The number of fused-ring (bicyclic) bond motifs is 1. The SMILES string of the molecule is COCCn1nnnc1C1CN(C(=O)Nc2ccc3c(c2)OCO3)CCO1. The summed E-state index contributed by atoms with van der Waals surface area (Å²) in [6.45, 7) is 2.42. The number of tetrazole rings is 1. The maximum Gasteiger partial charge on any atom is 0.322 e. The normalized spacial score (nSPS) is 18.6. The fraction of sp³-hybridized carbons (Fsp3) is 0.500. The second-order valence-corrected chi connectivity index (χ2v) is 6.06. The van der Waals surface area contributed by atoms with Gasteiger partial charge < -0.3 is 29.2 Å². The molecule has 4 rings (SSSR count). The summed E-state index contributed by atoms with van der Waals surface area (Å²) in [4.78, 5) is 14.3.